The number of carbonyl (C=O) groups is 2. The highest BCUT2D eigenvalue weighted by Crippen LogP contribution is 2.29. The molecule has 0 bridgehead atoms. The van der Waals surface area contributed by atoms with E-state index in [-0.39, 0.29) is 29.6 Å². The van der Waals surface area contributed by atoms with Gasteiger partial charge in [0.25, 0.3) is 5.69 Å². The van der Waals surface area contributed by atoms with Gasteiger partial charge in [-0.25, -0.2) is 0 Å². The van der Waals surface area contributed by atoms with Crippen LogP contribution in [0.2, 0.25) is 0 Å². The van der Waals surface area contributed by atoms with Gasteiger partial charge in [0.05, 0.1) is 23.3 Å². The van der Waals surface area contributed by atoms with Gasteiger partial charge in [-0.05, 0) is 72.5 Å². The Balaban J connectivity index is 0. The van der Waals surface area contributed by atoms with Crippen molar-refractivity contribution < 1.29 is 14.5 Å². The predicted octanol–water partition coefficient (Wildman–Crippen LogP) is 6.72. The number of benzene rings is 1. The molecule has 3 atom stereocenters. The van der Waals surface area contributed by atoms with E-state index >= 15 is 0 Å². The summed E-state index contributed by atoms with van der Waals surface area (Å²) >= 11 is 0. The van der Waals surface area contributed by atoms with Crippen LogP contribution in [0, 0.1) is 16.0 Å². The molecule has 11 heteroatoms. The van der Waals surface area contributed by atoms with Gasteiger partial charge in [-0.15, -0.1) is 0 Å². The van der Waals surface area contributed by atoms with Gasteiger partial charge < -0.3 is 20.9 Å². The summed E-state index contributed by atoms with van der Waals surface area (Å²) in [5, 5.41) is 25.3. The number of likely N-dealkylation sites (tertiary alicyclic amines) is 1. The predicted molar refractivity (Wildman–Crippen MR) is 190 cm³/mol. The number of carbonyl (C=O) groups excluding carboxylic acids is 2. The van der Waals surface area contributed by atoms with Crippen LogP contribution in [0.15, 0.2) is 29.4 Å². The monoisotopic (exact) mass is 636 g/mol. The highest BCUT2D eigenvalue weighted by atomic mass is 16.6. The van der Waals surface area contributed by atoms with Crippen molar-refractivity contribution in [1.82, 2.24) is 20.9 Å². The molecule has 1 aliphatic heterocycles. The van der Waals surface area contributed by atoms with E-state index in [2.05, 4.69) is 41.8 Å². The molecule has 1 heterocycles. The summed E-state index contributed by atoms with van der Waals surface area (Å²) in [7, 11) is 3.56. The topological polar surface area (TPSA) is 132 Å². The Morgan fingerprint density at radius 2 is 1.69 bits per heavy atom. The maximum Gasteiger partial charge on any atom is 0.271 e. The van der Waals surface area contributed by atoms with Gasteiger partial charge in [-0.3, -0.25) is 24.7 Å². The fourth-order valence-electron chi connectivity index (χ4n) is 4.95. The molecule has 1 saturated carbocycles. The van der Waals surface area contributed by atoms with Crippen molar-refractivity contribution in [2.45, 2.75) is 132 Å². The quantitative estimate of drug-likeness (QED) is 0.112. The lowest BCUT2D eigenvalue weighted by Crippen LogP contribution is -2.56. The fraction of sp³-hybridized carbons (Fsp3) is 0.735. The molecule has 0 radical (unpaired) electrons. The molecule has 3 N–H and O–H groups in total. The van der Waals surface area contributed by atoms with Crippen molar-refractivity contribution in [3.05, 3.63) is 34.4 Å². The number of nitro groups is 1. The van der Waals surface area contributed by atoms with Crippen LogP contribution < -0.4 is 21.0 Å². The van der Waals surface area contributed by atoms with Crippen molar-refractivity contribution in [3.63, 3.8) is 0 Å². The van der Waals surface area contributed by atoms with Gasteiger partial charge in [0, 0.05) is 30.9 Å². The third-order valence-electron chi connectivity index (χ3n) is 7.25. The zero-order valence-electron chi connectivity index (χ0n) is 30.2. The van der Waals surface area contributed by atoms with Gasteiger partial charge in [0.1, 0.15) is 6.04 Å². The molecule has 0 aromatic heterocycles. The average Bonchev–Trinajstić information content (AvgIpc) is 3.51. The first-order chi connectivity index (χ1) is 21.6. The molecule has 2 unspecified atom stereocenters. The van der Waals surface area contributed by atoms with Crippen LogP contribution in [-0.4, -0.2) is 73.3 Å². The lowest BCUT2D eigenvalue weighted by Gasteiger charge is -2.34. The Labute approximate surface area is 274 Å². The number of hydrogen-bond acceptors (Lipinski definition) is 8. The number of likely N-dealkylation sites (N-methyl/N-ethyl adjacent to an activating group) is 1. The van der Waals surface area contributed by atoms with Crippen LogP contribution in [0.1, 0.15) is 114 Å². The minimum atomic E-state index is -0.420. The summed E-state index contributed by atoms with van der Waals surface area (Å²) in [4.78, 5) is 37.5. The number of anilines is 1. The lowest BCUT2D eigenvalue weighted by molar-refractivity contribution is -0.384. The van der Waals surface area contributed by atoms with E-state index in [1.807, 2.05) is 39.5 Å². The number of hydrazone groups is 1. The molecule has 3 rings (SSSR count). The SMILES string of the molecule is C/C=N\N(CNC)c1cccc([N+](=O)[O-])c1.CC.CC.CCC.CN[C@@H](C)C(=O)NC(C(=O)N1CCCC1C)C1CCCCC1. The van der Waals surface area contributed by atoms with E-state index in [9.17, 15) is 19.7 Å². The Hall–Kier alpha value is -3.05. The summed E-state index contributed by atoms with van der Waals surface area (Å²) in [5.74, 6) is 0.355. The van der Waals surface area contributed by atoms with Gasteiger partial charge >= 0.3 is 0 Å². The number of nitrogens with one attached hydrogen (secondary N) is 3. The second-order valence-corrected chi connectivity index (χ2v) is 10.7. The standard InChI is InChI=1S/C17H31N3O2.C10H14N4O2.C3H8.2C2H6/c1-12-8-7-11-20(12)17(22)15(14-9-5-4-6-10-14)19-16(21)13(2)18-3;1-3-12-13(8-11-2)9-5-4-6-10(7-9)14(15)16;1-3-2;2*1-2/h12-15,18H,4-11H2,1-3H3,(H,19,21);3-7,11H,8H2,1-2H3;3H2,1-2H3;2*1-2H3/b;12-3-;;;/t12?,13-,15?;;;;/m0..../s1. The van der Waals surface area contributed by atoms with E-state index in [1.54, 1.807) is 44.4 Å². The zero-order valence-corrected chi connectivity index (χ0v) is 30.2. The molecule has 1 aliphatic carbocycles. The third-order valence-corrected chi connectivity index (χ3v) is 7.25. The van der Waals surface area contributed by atoms with Gasteiger partial charge in [0.2, 0.25) is 11.8 Å². The Bertz CT molecular complexity index is 954. The second kappa shape index (κ2) is 27.3. The number of non-ortho nitro benzene ring substituents is 1. The van der Waals surface area contributed by atoms with E-state index in [4.69, 9.17) is 0 Å². The van der Waals surface area contributed by atoms with Crippen molar-refractivity contribution in [3.8, 4) is 0 Å². The highest BCUT2D eigenvalue weighted by Gasteiger charge is 2.37. The second-order valence-electron chi connectivity index (χ2n) is 10.7. The zero-order chi connectivity index (χ0) is 34.8. The molecule has 1 aromatic rings. The van der Waals surface area contributed by atoms with E-state index < -0.39 is 4.92 Å². The first kappa shape index (κ1) is 44.1. The first-order valence-electron chi connectivity index (χ1n) is 17.1. The van der Waals surface area contributed by atoms with E-state index in [1.165, 1.54) is 37.8 Å². The first-order valence-corrected chi connectivity index (χ1v) is 17.1. The lowest BCUT2D eigenvalue weighted by atomic mass is 9.83. The largest absolute Gasteiger partial charge is 0.343 e. The molecule has 1 saturated heterocycles. The molecular weight excluding hydrogens is 570 g/mol. The smallest absolute Gasteiger partial charge is 0.271 e. The van der Waals surface area contributed by atoms with Crippen molar-refractivity contribution >= 4 is 29.4 Å². The summed E-state index contributed by atoms with van der Waals surface area (Å²) in [6.45, 7) is 19.3. The number of rotatable bonds is 10. The number of amides is 2. The minimum absolute atomic E-state index is 0.0601. The molecule has 2 amide bonds. The van der Waals surface area contributed by atoms with Crippen LogP contribution in [0.25, 0.3) is 0 Å². The van der Waals surface area contributed by atoms with Gasteiger partial charge in [0.15, 0.2) is 0 Å². The maximum absolute atomic E-state index is 13.0. The summed E-state index contributed by atoms with van der Waals surface area (Å²) in [6, 6.07) is 6.05. The van der Waals surface area contributed by atoms with E-state index in [0.29, 0.717) is 24.3 Å². The summed E-state index contributed by atoms with van der Waals surface area (Å²) in [6.07, 6.45) is 10.7. The Kier molecular flexibility index (Phi) is 26.7. The number of hydrogen-bond donors (Lipinski definition) is 3. The number of nitro benzene ring substituents is 1. The fourth-order valence-corrected chi connectivity index (χ4v) is 4.95. The van der Waals surface area contributed by atoms with Crippen LogP contribution in [-0.2, 0) is 9.59 Å². The van der Waals surface area contributed by atoms with Crippen molar-refractivity contribution in [2.75, 3.05) is 32.3 Å². The Morgan fingerprint density at radius 1 is 1.09 bits per heavy atom. The molecule has 2 aliphatic rings. The van der Waals surface area contributed by atoms with Gasteiger partial charge in [-0.2, -0.15) is 5.10 Å². The molecule has 45 heavy (non-hydrogen) atoms. The maximum atomic E-state index is 13.0. The number of nitrogens with zero attached hydrogens (tertiary/aromatic N) is 4. The van der Waals surface area contributed by atoms with Crippen LogP contribution in [0.4, 0.5) is 11.4 Å². The molecule has 2 fully saturated rings. The van der Waals surface area contributed by atoms with Gasteiger partial charge in [-0.1, -0.05) is 73.3 Å². The Morgan fingerprint density at radius 3 is 2.16 bits per heavy atom. The van der Waals surface area contributed by atoms with Crippen LogP contribution >= 0.6 is 0 Å². The summed E-state index contributed by atoms with van der Waals surface area (Å²) in [5.41, 5.74) is 0.742. The molecule has 11 nitrogen and oxygen atoms in total. The highest BCUT2D eigenvalue weighted by molar-refractivity contribution is 5.90. The van der Waals surface area contributed by atoms with E-state index in [0.717, 1.165) is 32.2 Å². The molecular formula is C34H65N7O4. The van der Waals surface area contributed by atoms with Crippen LogP contribution in [0.3, 0.4) is 0 Å². The molecule has 0 spiro atoms. The summed E-state index contributed by atoms with van der Waals surface area (Å²) < 4.78 is 0. The third kappa shape index (κ3) is 16.7. The average molecular weight is 636 g/mol. The van der Waals surface area contributed by atoms with Crippen molar-refractivity contribution in [2.24, 2.45) is 11.0 Å². The van der Waals surface area contributed by atoms with Crippen molar-refractivity contribution in [1.29, 1.82) is 0 Å². The molecule has 1 aromatic carbocycles. The normalized spacial score (nSPS) is 17.0. The van der Waals surface area contributed by atoms with Crippen LogP contribution in [0.5, 0.6) is 0 Å². The molecule has 260 valence electrons. The minimum Gasteiger partial charge on any atom is -0.343 e.